The molecule has 0 spiro atoms. The fourth-order valence-corrected chi connectivity index (χ4v) is 5.96. The summed E-state index contributed by atoms with van der Waals surface area (Å²) in [5, 5.41) is 0. The number of anilines is 2. The van der Waals surface area contributed by atoms with Crippen molar-refractivity contribution >= 4 is 21.4 Å². The van der Waals surface area contributed by atoms with Gasteiger partial charge in [-0.1, -0.05) is 54.6 Å². The molecule has 0 bridgehead atoms. The third kappa shape index (κ3) is 8.05. The lowest BCUT2D eigenvalue weighted by atomic mass is 10.1. The predicted octanol–water partition coefficient (Wildman–Crippen LogP) is 6.84. The van der Waals surface area contributed by atoms with E-state index in [0.717, 1.165) is 40.6 Å². The minimum absolute atomic E-state index is 0.464. The maximum atomic E-state index is 12.0. The van der Waals surface area contributed by atoms with Crippen LogP contribution in [0.5, 0.6) is 17.2 Å². The largest absolute Gasteiger partial charge is 0.492 e. The molecule has 1 N–H and O–H groups in total. The van der Waals surface area contributed by atoms with Crippen molar-refractivity contribution in [3.05, 3.63) is 114 Å². The molecule has 1 saturated heterocycles. The van der Waals surface area contributed by atoms with E-state index in [0.29, 0.717) is 31.4 Å². The van der Waals surface area contributed by atoms with E-state index in [1.165, 1.54) is 24.7 Å². The minimum Gasteiger partial charge on any atom is -0.492 e. The van der Waals surface area contributed by atoms with E-state index in [1.807, 2.05) is 73.7 Å². The highest BCUT2D eigenvalue weighted by Crippen LogP contribution is 2.31. The molecule has 1 heterocycles. The summed E-state index contributed by atoms with van der Waals surface area (Å²) in [6.45, 7) is 5.06. The molecule has 0 radical (unpaired) electrons. The van der Waals surface area contributed by atoms with Gasteiger partial charge in [0.15, 0.2) is 0 Å². The van der Waals surface area contributed by atoms with Crippen LogP contribution in [-0.2, 0) is 23.1 Å². The lowest BCUT2D eigenvalue weighted by Crippen LogP contribution is -2.30. The lowest BCUT2D eigenvalue weighted by Gasteiger charge is -2.28. The first-order valence-electron chi connectivity index (χ1n) is 14.3. The first-order chi connectivity index (χ1) is 20.2. The van der Waals surface area contributed by atoms with Crippen LogP contribution in [-0.4, -0.2) is 45.8 Å². The molecule has 4 aromatic carbocycles. The third-order valence-corrected chi connectivity index (χ3v) is 8.20. The third-order valence-electron chi connectivity index (χ3n) is 7.61. The van der Waals surface area contributed by atoms with Gasteiger partial charge in [-0.05, 0) is 86.4 Å². The standard InChI is InChI=1S/C34H39N3O4S/c1-26-33(35-42(3,38)39)15-8-16-34(26)37(23-27-10-5-4-6-11-27)24-28-17-19-30(20-18-28)41-32-14-7-13-31(22-32)40-25-29-12-9-21-36(29)2/h4-8,10-11,13-20,22,29,35H,9,12,21,23-25H2,1-3H3. The second kappa shape index (κ2) is 13.3. The number of likely N-dealkylation sites (tertiary alicyclic amines) is 1. The number of nitrogens with one attached hydrogen (secondary N) is 1. The zero-order valence-electron chi connectivity index (χ0n) is 24.5. The first-order valence-corrected chi connectivity index (χ1v) is 16.2. The molecule has 220 valence electrons. The van der Waals surface area contributed by atoms with E-state index in [1.54, 1.807) is 6.07 Å². The van der Waals surface area contributed by atoms with Gasteiger partial charge < -0.3 is 19.3 Å². The van der Waals surface area contributed by atoms with Gasteiger partial charge in [-0.25, -0.2) is 8.42 Å². The first kappa shape index (κ1) is 29.5. The summed E-state index contributed by atoms with van der Waals surface area (Å²) in [6.07, 6.45) is 3.56. The number of hydrogen-bond acceptors (Lipinski definition) is 6. The molecule has 1 fully saturated rings. The van der Waals surface area contributed by atoms with Gasteiger partial charge in [0, 0.05) is 30.9 Å². The molecule has 0 aliphatic carbocycles. The van der Waals surface area contributed by atoms with Crippen LogP contribution in [0.4, 0.5) is 11.4 Å². The van der Waals surface area contributed by atoms with Gasteiger partial charge in [0.1, 0.15) is 23.9 Å². The zero-order chi connectivity index (χ0) is 29.5. The maximum Gasteiger partial charge on any atom is 0.229 e. The number of likely N-dealkylation sites (N-methyl/N-ethyl adjacent to an activating group) is 1. The highest BCUT2D eigenvalue weighted by Gasteiger charge is 2.21. The quantitative estimate of drug-likeness (QED) is 0.196. The van der Waals surface area contributed by atoms with E-state index in [2.05, 4.69) is 45.8 Å². The molecule has 1 unspecified atom stereocenters. The molecule has 0 aromatic heterocycles. The number of benzene rings is 4. The SMILES string of the molecule is Cc1c(NS(C)(=O)=O)cccc1N(Cc1ccccc1)Cc1ccc(Oc2cccc(OCC3CCCN3C)c2)cc1. The summed E-state index contributed by atoms with van der Waals surface area (Å²) in [5.41, 5.74) is 4.70. The van der Waals surface area contributed by atoms with Crippen molar-refractivity contribution in [3.63, 3.8) is 0 Å². The van der Waals surface area contributed by atoms with Gasteiger partial charge in [-0.3, -0.25) is 4.72 Å². The van der Waals surface area contributed by atoms with Crippen molar-refractivity contribution in [2.75, 3.05) is 36.1 Å². The fourth-order valence-electron chi connectivity index (χ4n) is 5.34. The molecular weight excluding hydrogens is 546 g/mol. The van der Waals surface area contributed by atoms with E-state index in [9.17, 15) is 8.42 Å². The van der Waals surface area contributed by atoms with Gasteiger partial charge >= 0.3 is 0 Å². The molecule has 8 heteroatoms. The summed E-state index contributed by atoms with van der Waals surface area (Å²) in [4.78, 5) is 4.62. The lowest BCUT2D eigenvalue weighted by molar-refractivity contribution is 0.198. The molecule has 1 aliphatic heterocycles. The summed E-state index contributed by atoms with van der Waals surface area (Å²) in [6, 6.07) is 32.3. The van der Waals surface area contributed by atoms with Gasteiger partial charge in [-0.2, -0.15) is 0 Å². The molecule has 4 aromatic rings. The minimum atomic E-state index is -3.40. The number of sulfonamides is 1. The van der Waals surface area contributed by atoms with E-state index in [4.69, 9.17) is 9.47 Å². The van der Waals surface area contributed by atoms with Crippen molar-refractivity contribution in [1.29, 1.82) is 0 Å². The van der Waals surface area contributed by atoms with E-state index >= 15 is 0 Å². The van der Waals surface area contributed by atoms with Crippen LogP contribution in [0.15, 0.2) is 97.1 Å². The highest BCUT2D eigenvalue weighted by molar-refractivity contribution is 7.92. The number of rotatable bonds is 12. The monoisotopic (exact) mass is 585 g/mol. The summed E-state index contributed by atoms with van der Waals surface area (Å²) >= 11 is 0. The Labute approximate surface area is 249 Å². The second-order valence-electron chi connectivity index (χ2n) is 11.0. The smallest absolute Gasteiger partial charge is 0.229 e. The topological polar surface area (TPSA) is 71.1 Å². The summed E-state index contributed by atoms with van der Waals surface area (Å²) in [5.74, 6) is 2.29. The Kier molecular flexibility index (Phi) is 9.35. The van der Waals surface area contributed by atoms with Gasteiger partial charge in [0.25, 0.3) is 0 Å². The fraction of sp³-hybridized carbons (Fsp3) is 0.294. The van der Waals surface area contributed by atoms with E-state index < -0.39 is 10.0 Å². The van der Waals surface area contributed by atoms with Crippen molar-refractivity contribution in [2.45, 2.75) is 38.9 Å². The Morgan fingerprint density at radius 1 is 0.857 bits per heavy atom. The van der Waals surface area contributed by atoms with E-state index in [-0.39, 0.29) is 0 Å². The molecule has 42 heavy (non-hydrogen) atoms. The Balaban J connectivity index is 1.29. The number of ether oxygens (including phenoxy) is 2. The normalized spacial score (nSPS) is 15.4. The summed E-state index contributed by atoms with van der Waals surface area (Å²) in [7, 11) is -1.24. The Hall–Kier alpha value is -4.01. The predicted molar refractivity (Wildman–Crippen MR) is 170 cm³/mol. The van der Waals surface area contributed by atoms with Crippen LogP contribution in [0, 0.1) is 6.92 Å². The molecule has 0 saturated carbocycles. The van der Waals surface area contributed by atoms with Crippen LogP contribution in [0.2, 0.25) is 0 Å². The second-order valence-corrected chi connectivity index (χ2v) is 12.7. The molecular formula is C34H39N3O4S. The Bertz CT molecular complexity index is 1580. The zero-order valence-corrected chi connectivity index (χ0v) is 25.3. The van der Waals surface area contributed by atoms with Gasteiger partial charge in [0.2, 0.25) is 10.0 Å². The summed E-state index contributed by atoms with van der Waals surface area (Å²) < 4.78 is 38.8. The Morgan fingerprint density at radius 3 is 2.24 bits per heavy atom. The Morgan fingerprint density at radius 2 is 1.55 bits per heavy atom. The van der Waals surface area contributed by atoms with Crippen LogP contribution < -0.4 is 19.1 Å². The van der Waals surface area contributed by atoms with Crippen LogP contribution in [0.25, 0.3) is 0 Å². The van der Waals surface area contributed by atoms with Crippen molar-refractivity contribution < 1.29 is 17.9 Å². The number of nitrogens with zero attached hydrogens (tertiary/aromatic N) is 2. The van der Waals surface area contributed by atoms with Gasteiger partial charge in [-0.15, -0.1) is 0 Å². The van der Waals surface area contributed by atoms with Crippen molar-refractivity contribution in [2.24, 2.45) is 0 Å². The average Bonchev–Trinajstić information content (AvgIpc) is 3.38. The maximum absolute atomic E-state index is 12.0. The van der Waals surface area contributed by atoms with Crippen LogP contribution in [0.3, 0.4) is 0 Å². The molecule has 7 nitrogen and oxygen atoms in total. The van der Waals surface area contributed by atoms with Crippen molar-refractivity contribution in [1.82, 2.24) is 4.90 Å². The number of hydrogen-bond donors (Lipinski definition) is 1. The molecule has 5 rings (SSSR count). The van der Waals surface area contributed by atoms with Crippen molar-refractivity contribution in [3.8, 4) is 17.2 Å². The average molecular weight is 586 g/mol. The highest BCUT2D eigenvalue weighted by atomic mass is 32.2. The molecule has 1 aliphatic rings. The van der Waals surface area contributed by atoms with Crippen LogP contribution in [0.1, 0.15) is 29.5 Å². The van der Waals surface area contributed by atoms with Gasteiger partial charge in [0.05, 0.1) is 11.9 Å². The molecule has 0 amide bonds. The molecule has 1 atom stereocenters. The van der Waals surface area contributed by atoms with Crippen LogP contribution >= 0.6 is 0 Å².